The minimum atomic E-state index is -0.454. The van der Waals surface area contributed by atoms with Gasteiger partial charge in [0.15, 0.2) is 0 Å². The van der Waals surface area contributed by atoms with Crippen molar-refractivity contribution in [2.45, 2.75) is 26.1 Å². The summed E-state index contributed by atoms with van der Waals surface area (Å²) in [4.78, 5) is 19.3. The second-order valence-corrected chi connectivity index (χ2v) is 9.07. The maximum absolute atomic E-state index is 12.5. The number of rotatable bonds is 6. The van der Waals surface area contributed by atoms with Gasteiger partial charge in [0.2, 0.25) is 0 Å². The molecule has 0 aliphatic carbocycles. The second-order valence-electron chi connectivity index (χ2n) is 9.07. The predicted molar refractivity (Wildman–Crippen MR) is 131 cm³/mol. The molecule has 1 aromatic heterocycles. The summed E-state index contributed by atoms with van der Waals surface area (Å²) in [6, 6.07) is 16.5. The first-order valence-electron chi connectivity index (χ1n) is 11.8. The van der Waals surface area contributed by atoms with Crippen LogP contribution in [0.4, 0.5) is 5.69 Å². The molecule has 1 N–H and O–H groups in total. The maximum Gasteiger partial charge on any atom is 0.343 e. The first-order valence-corrected chi connectivity index (χ1v) is 11.8. The zero-order valence-electron chi connectivity index (χ0n) is 19.6. The predicted octanol–water partition coefficient (Wildman–Crippen LogP) is 3.23. The Hall–Kier alpha value is -3.29. The van der Waals surface area contributed by atoms with Crippen LogP contribution < -0.4 is 15.3 Å². The molecular formula is C27H31N3O4. The maximum atomic E-state index is 12.5. The molecule has 2 aliphatic heterocycles. The third-order valence-electron chi connectivity index (χ3n) is 6.94. The minimum absolute atomic E-state index is 0.0766. The van der Waals surface area contributed by atoms with E-state index in [2.05, 4.69) is 45.0 Å². The molecule has 0 amide bonds. The summed E-state index contributed by atoms with van der Waals surface area (Å²) in [5.41, 5.74) is 4.39. The summed E-state index contributed by atoms with van der Waals surface area (Å²) in [6.45, 7) is 6.09. The van der Waals surface area contributed by atoms with Crippen molar-refractivity contribution in [3.63, 3.8) is 0 Å². The van der Waals surface area contributed by atoms with E-state index in [9.17, 15) is 9.90 Å². The summed E-state index contributed by atoms with van der Waals surface area (Å²) in [6.07, 6.45) is 2.36. The van der Waals surface area contributed by atoms with Crippen molar-refractivity contribution in [1.82, 2.24) is 9.80 Å². The fourth-order valence-corrected chi connectivity index (χ4v) is 4.90. The lowest BCUT2D eigenvalue weighted by atomic mass is 9.99. The molecule has 0 atom stereocenters. The Morgan fingerprint density at radius 1 is 0.912 bits per heavy atom. The normalized spacial score (nSPS) is 16.9. The summed E-state index contributed by atoms with van der Waals surface area (Å²) < 4.78 is 10.6. The molecule has 1 fully saturated rings. The van der Waals surface area contributed by atoms with Crippen molar-refractivity contribution >= 4 is 5.69 Å². The molecule has 3 aromatic rings. The van der Waals surface area contributed by atoms with Gasteiger partial charge in [-0.15, -0.1) is 0 Å². The van der Waals surface area contributed by atoms with E-state index >= 15 is 0 Å². The van der Waals surface area contributed by atoms with Crippen molar-refractivity contribution in [3.8, 4) is 11.5 Å². The number of hydrogen-bond donors (Lipinski definition) is 1. The van der Waals surface area contributed by atoms with Crippen molar-refractivity contribution in [2.75, 3.05) is 44.7 Å². The molecule has 7 heteroatoms. The van der Waals surface area contributed by atoms with E-state index in [0.717, 1.165) is 51.4 Å². The molecule has 0 saturated carbocycles. The molecule has 2 aliphatic rings. The standard InChI is InChI=1S/C27H31N3O4/c1-33-24-8-6-23(7-9-24)30-14-12-28(13-15-30)17-22-19-34-27(32)25(26(22)31)18-29-11-10-20-4-2-3-5-21(20)16-29/h2-9,19,31H,10-18H2,1H3. The Bertz CT molecular complexity index is 1180. The van der Waals surface area contributed by atoms with Crippen molar-refractivity contribution in [2.24, 2.45) is 0 Å². The minimum Gasteiger partial charge on any atom is -0.507 e. The smallest absolute Gasteiger partial charge is 0.343 e. The van der Waals surface area contributed by atoms with Gasteiger partial charge in [0, 0.05) is 63.6 Å². The Morgan fingerprint density at radius 2 is 1.65 bits per heavy atom. The quantitative estimate of drug-likeness (QED) is 0.604. The van der Waals surface area contributed by atoms with E-state index in [1.807, 2.05) is 18.2 Å². The number of ether oxygens (including phenoxy) is 1. The van der Waals surface area contributed by atoms with Crippen molar-refractivity contribution in [1.29, 1.82) is 0 Å². The third kappa shape index (κ3) is 4.81. The number of piperazine rings is 1. The van der Waals surface area contributed by atoms with Gasteiger partial charge < -0.3 is 19.2 Å². The molecule has 7 nitrogen and oxygen atoms in total. The van der Waals surface area contributed by atoms with Crippen LogP contribution in [0.2, 0.25) is 0 Å². The fourth-order valence-electron chi connectivity index (χ4n) is 4.90. The lowest BCUT2D eigenvalue weighted by Gasteiger charge is -2.36. The topological polar surface area (TPSA) is 69.4 Å². The Morgan fingerprint density at radius 3 is 2.38 bits per heavy atom. The molecule has 3 heterocycles. The lowest BCUT2D eigenvalue weighted by Crippen LogP contribution is -2.46. The van der Waals surface area contributed by atoms with Crippen LogP contribution in [-0.2, 0) is 26.1 Å². The highest BCUT2D eigenvalue weighted by molar-refractivity contribution is 5.49. The average Bonchev–Trinajstić information content (AvgIpc) is 2.88. The summed E-state index contributed by atoms with van der Waals surface area (Å²) >= 11 is 0. The molecule has 178 valence electrons. The first-order chi connectivity index (χ1) is 16.6. The van der Waals surface area contributed by atoms with E-state index in [0.29, 0.717) is 24.2 Å². The molecule has 0 bridgehead atoms. The van der Waals surface area contributed by atoms with Gasteiger partial charge in [-0.05, 0) is 41.8 Å². The molecule has 0 radical (unpaired) electrons. The number of methoxy groups -OCH3 is 1. The second kappa shape index (κ2) is 9.91. The monoisotopic (exact) mass is 461 g/mol. The average molecular weight is 462 g/mol. The van der Waals surface area contributed by atoms with Gasteiger partial charge in [-0.2, -0.15) is 0 Å². The zero-order chi connectivity index (χ0) is 23.5. The van der Waals surface area contributed by atoms with Gasteiger partial charge in [-0.1, -0.05) is 24.3 Å². The fraction of sp³-hybridized carbons (Fsp3) is 0.370. The summed E-state index contributed by atoms with van der Waals surface area (Å²) in [5.74, 6) is 0.931. The van der Waals surface area contributed by atoms with E-state index in [4.69, 9.17) is 9.15 Å². The van der Waals surface area contributed by atoms with Crippen molar-refractivity contribution < 1.29 is 14.3 Å². The summed E-state index contributed by atoms with van der Waals surface area (Å²) in [5, 5.41) is 11.0. The lowest BCUT2D eigenvalue weighted by molar-refractivity contribution is 0.230. The number of benzene rings is 2. The van der Waals surface area contributed by atoms with Crippen LogP contribution in [0.5, 0.6) is 11.5 Å². The zero-order valence-corrected chi connectivity index (χ0v) is 19.6. The molecule has 0 spiro atoms. The Kier molecular flexibility index (Phi) is 6.56. The van der Waals surface area contributed by atoms with Gasteiger partial charge in [0.05, 0.1) is 12.7 Å². The van der Waals surface area contributed by atoms with Crippen LogP contribution in [0.1, 0.15) is 22.3 Å². The summed E-state index contributed by atoms with van der Waals surface area (Å²) in [7, 11) is 1.67. The van der Waals surface area contributed by atoms with Crippen molar-refractivity contribution in [3.05, 3.63) is 87.5 Å². The number of hydrogen-bond acceptors (Lipinski definition) is 7. The van der Waals surface area contributed by atoms with Gasteiger partial charge in [-0.25, -0.2) is 4.79 Å². The molecule has 34 heavy (non-hydrogen) atoms. The molecule has 1 saturated heterocycles. The van der Waals surface area contributed by atoms with Crippen LogP contribution in [0, 0.1) is 0 Å². The van der Waals surface area contributed by atoms with Crippen LogP contribution in [0.25, 0.3) is 0 Å². The highest BCUT2D eigenvalue weighted by Crippen LogP contribution is 2.26. The highest BCUT2D eigenvalue weighted by atomic mass is 16.5. The van der Waals surface area contributed by atoms with E-state index in [1.54, 1.807) is 7.11 Å². The van der Waals surface area contributed by atoms with Crippen LogP contribution >= 0.6 is 0 Å². The van der Waals surface area contributed by atoms with Gasteiger partial charge in [-0.3, -0.25) is 9.80 Å². The molecule has 0 unspecified atom stereocenters. The molecular weight excluding hydrogens is 430 g/mol. The van der Waals surface area contributed by atoms with Gasteiger partial charge >= 0.3 is 5.63 Å². The SMILES string of the molecule is COc1ccc(N2CCN(Cc3coc(=O)c(CN4CCc5ccccc5C4)c3O)CC2)cc1. The van der Waals surface area contributed by atoms with E-state index < -0.39 is 5.63 Å². The van der Waals surface area contributed by atoms with Crippen LogP contribution in [0.15, 0.2) is 64.0 Å². The largest absolute Gasteiger partial charge is 0.507 e. The number of anilines is 1. The number of fused-ring (bicyclic) bond motifs is 1. The van der Waals surface area contributed by atoms with Crippen LogP contribution in [0.3, 0.4) is 0 Å². The van der Waals surface area contributed by atoms with E-state index in [1.165, 1.54) is 23.1 Å². The third-order valence-corrected chi connectivity index (χ3v) is 6.94. The Labute approximate surface area is 199 Å². The van der Waals surface area contributed by atoms with Gasteiger partial charge in [0.1, 0.15) is 17.8 Å². The van der Waals surface area contributed by atoms with Crippen LogP contribution in [-0.4, -0.2) is 54.7 Å². The van der Waals surface area contributed by atoms with Gasteiger partial charge in [0.25, 0.3) is 0 Å². The number of aromatic hydroxyl groups is 1. The van der Waals surface area contributed by atoms with E-state index in [-0.39, 0.29) is 5.75 Å². The number of nitrogens with zero attached hydrogens (tertiary/aromatic N) is 3. The molecule has 2 aromatic carbocycles. The highest BCUT2D eigenvalue weighted by Gasteiger charge is 2.23. The Balaban J connectivity index is 1.22. The molecule has 5 rings (SSSR count). The first kappa shape index (κ1) is 22.5.